The molecule has 106 valence electrons. The highest BCUT2D eigenvalue weighted by Crippen LogP contribution is 2.38. The van der Waals surface area contributed by atoms with E-state index in [1.54, 1.807) is 12.4 Å². The summed E-state index contributed by atoms with van der Waals surface area (Å²) in [6.07, 6.45) is 6.97. The molecule has 2 heterocycles. The molecule has 0 bridgehead atoms. The van der Waals surface area contributed by atoms with Crippen LogP contribution in [0.2, 0.25) is 0 Å². The van der Waals surface area contributed by atoms with E-state index in [4.69, 9.17) is 4.98 Å². The van der Waals surface area contributed by atoms with Crippen molar-refractivity contribution in [3.63, 3.8) is 0 Å². The molecule has 3 aromatic rings. The molecule has 4 nitrogen and oxygen atoms in total. The van der Waals surface area contributed by atoms with E-state index in [1.807, 2.05) is 24.5 Å². The molecule has 0 radical (unpaired) electrons. The molecule has 0 aliphatic heterocycles. The summed E-state index contributed by atoms with van der Waals surface area (Å²) in [5.74, 6) is 0. The van der Waals surface area contributed by atoms with E-state index in [9.17, 15) is 0 Å². The molecule has 1 aromatic carbocycles. The zero-order chi connectivity index (χ0) is 14.2. The molecule has 1 unspecified atom stereocenters. The first-order valence-electron chi connectivity index (χ1n) is 7.23. The standard InChI is InChI=1S/C16H16N4S/c1-17-12-3-2-4-13-15(12)21-16(20-13)10-5-6-11-14(9-10)19-8-7-18-11/h5-9,12,17H,2-4H2,1H3. The molecule has 0 amide bonds. The number of fused-ring (bicyclic) bond motifs is 2. The van der Waals surface area contributed by atoms with Crippen molar-refractivity contribution in [2.75, 3.05) is 7.05 Å². The second kappa shape index (κ2) is 5.16. The van der Waals surface area contributed by atoms with Gasteiger partial charge in [0, 0.05) is 28.9 Å². The van der Waals surface area contributed by atoms with Gasteiger partial charge in [-0.1, -0.05) is 0 Å². The quantitative estimate of drug-likeness (QED) is 0.788. The van der Waals surface area contributed by atoms with Crippen LogP contribution >= 0.6 is 11.3 Å². The molecule has 1 aliphatic rings. The van der Waals surface area contributed by atoms with Crippen LogP contribution in [0.5, 0.6) is 0 Å². The van der Waals surface area contributed by atoms with Crippen molar-refractivity contribution in [1.29, 1.82) is 0 Å². The summed E-state index contributed by atoms with van der Waals surface area (Å²) in [7, 11) is 2.03. The van der Waals surface area contributed by atoms with E-state index in [0.29, 0.717) is 6.04 Å². The zero-order valence-corrected chi connectivity index (χ0v) is 12.7. The van der Waals surface area contributed by atoms with Gasteiger partial charge in [0.1, 0.15) is 5.01 Å². The summed E-state index contributed by atoms with van der Waals surface area (Å²) < 4.78 is 0. The van der Waals surface area contributed by atoms with E-state index < -0.39 is 0 Å². The second-order valence-corrected chi connectivity index (χ2v) is 6.35. The van der Waals surface area contributed by atoms with Crippen molar-refractivity contribution in [2.45, 2.75) is 25.3 Å². The number of hydrogen-bond acceptors (Lipinski definition) is 5. The van der Waals surface area contributed by atoms with E-state index in [2.05, 4.69) is 27.4 Å². The van der Waals surface area contributed by atoms with Crippen LogP contribution in [0.25, 0.3) is 21.6 Å². The van der Waals surface area contributed by atoms with Crippen LogP contribution in [0.4, 0.5) is 0 Å². The molecule has 21 heavy (non-hydrogen) atoms. The minimum Gasteiger partial charge on any atom is -0.312 e. The van der Waals surface area contributed by atoms with Crippen molar-refractivity contribution in [1.82, 2.24) is 20.3 Å². The normalized spacial score (nSPS) is 17.9. The van der Waals surface area contributed by atoms with Gasteiger partial charge < -0.3 is 5.32 Å². The fraction of sp³-hybridized carbons (Fsp3) is 0.312. The lowest BCUT2D eigenvalue weighted by atomic mass is 9.98. The molecule has 1 atom stereocenters. The Morgan fingerprint density at radius 1 is 1.19 bits per heavy atom. The fourth-order valence-electron chi connectivity index (χ4n) is 2.91. The maximum Gasteiger partial charge on any atom is 0.124 e. The van der Waals surface area contributed by atoms with Crippen LogP contribution in [-0.4, -0.2) is 22.0 Å². The van der Waals surface area contributed by atoms with Crippen LogP contribution in [0.1, 0.15) is 29.5 Å². The lowest BCUT2D eigenvalue weighted by Crippen LogP contribution is -2.19. The van der Waals surface area contributed by atoms with Gasteiger partial charge in [0.15, 0.2) is 0 Å². The average molecular weight is 296 g/mol. The monoisotopic (exact) mass is 296 g/mol. The van der Waals surface area contributed by atoms with E-state index in [0.717, 1.165) is 28.0 Å². The number of rotatable bonds is 2. The minimum atomic E-state index is 0.459. The molecule has 2 aromatic heterocycles. The van der Waals surface area contributed by atoms with Gasteiger partial charge in [-0.2, -0.15) is 0 Å². The molecule has 1 N–H and O–H groups in total. The predicted octanol–water partition coefficient (Wildman–Crippen LogP) is 3.35. The van der Waals surface area contributed by atoms with Gasteiger partial charge in [-0.3, -0.25) is 9.97 Å². The summed E-state index contributed by atoms with van der Waals surface area (Å²) >= 11 is 1.81. The maximum atomic E-state index is 4.86. The van der Waals surface area contributed by atoms with Crippen LogP contribution in [0, 0.1) is 0 Å². The van der Waals surface area contributed by atoms with E-state index >= 15 is 0 Å². The van der Waals surface area contributed by atoms with E-state index in [1.165, 1.54) is 23.4 Å². The largest absolute Gasteiger partial charge is 0.312 e. The number of aryl methyl sites for hydroxylation is 1. The van der Waals surface area contributed by atoms with Gasteiger partial charge in [-0.15, -0.1) is 11.3 Å². The van der Waals surface area contributed by atoms with Gasteiger partial charge in [-0.25, -0.2) is 4.98 Å². The predicted molar refractivity (Wildman–Crippen MR) is 85.4 cm³/mol. The van der Waals surface area contributed by atoms with Crippen LogP contribution in [-0.2, 0) is 6.42 Å². The van der Waals surface area contributed by atoms with Crippen molar-refractivity contribution in [3.05, 3.63) is 41.2 Å². The minimum absolute atomic E-state index is 0.459. The van der Waals surface area contributed by atoms with E-state index in [-0.39, 0.29) is 0 Å². The topological polar surface area (TPSA) is 50.7 Å². The molecule has 0 spiro atoms. The number of nitrogens with one attached hydrogen (secondary N) is 1. The number of benzene rings is 1. The van der Waals surface area contributed by atoms with Gasteiger partial charge in [-0.05, 0) is 44.5 Å². The second-order valence-electron chi connectivity index (χ2n) is 5.32. The third kappa shape index (κ3) is 2.22. The molecule has 5 heteroatoms. The highest BCUT2D eigenvalue weighted by molar-refractivity contribution is 7.15. The number of aromatic nitrogens is 3. The smallest absolute Gasteiger partial charge is 0.124 e. The molecular formula is C16H16N4S. The number of nitrogens with zero attached hydrogens (tertiary/aromatic N) is 3. The third-order valence-corrected chi connectivity index (χ3v) is 5.28. The summed E-state index contributed by atoms with van der Waals surface area (Å²) in [5, 5.41) is 4.49. The Hall–Kier alpha value is -1.85. The van der Waals surface area contributed by atoms with Gasteiger partial charge in [0.25, 0.3) is 0 Å². The first-order chi connectivity index (χ1) is 10.3. The first kappa shape index (κ1) is 12.9. The summed E-state index contributed by atoms with van der Waals surface area (Å²) in [6, 6.07) is 6.66. The first-order valence-corrected chi connectivity index (χ1v) is 8.05. The third-order valence-electron chi connectivity index (χ3n) is 4.02. The molecule has 1 aliphatic carbocycles. The van der Waals surface area contributed by atoms with Crippen molar-refractivity contribution in [3.8, 4) is 10.6 Å². The Bertz CT molecular complexity index is 796. The molecule has 4 rings (SSSR count). The van der Waals surface area contributed by atoms with Crippen molar-refractivity contribution < 1.29 is 0 Å². The number of hydrogen-bond donors (Lipinski definition) is 1. The van der Waals surface area contributed by atoms with Gasteiger partial charge >= 0.3 is 0 Å². The van der Waals surface area contributed by atoms with Crippen LogP contribution in [0.15, 0.2) is 30.6 Å². The van der Waals surface area contributed by atoms with Crippen molar-refractivity contribution >= 4 is 22.4 Å². The Balaban J connectivity index is 1.80. The van der Waals surface area contributed by atoms with Crippen LogP contribution in [0.3, 0.4) is 0 Å². The highest BCUT2D eigenvalue weighted by atomic mass is 32.1. The Kier molecular flexibility index (Phi) is 3.16. The fourth-order valence-corrected chi connectivity index (χ4v) is 4.17. The lowest BCUT2D eigenvalue weighted by molar-refractivity contribution is 0.501. The molecular weight excluding hydrogens is 280 g/mol. The summed E-state index contributed by atoms with van der Waals surface area (Å²) in [6.45, 7) is 0. The highest BCUT2D eigenvalue weighted by Gasteiger charge is 2.23. The molecule has 0 saturated heterocycles. The van der Waals surface area contributed by atoms with Crippen molar-refractivity contribution in [2.24, 2.45) is 0 Å². The summed E-state index contributed by atoms with van der Waals surface area (Å²) in [4.78, 5) is 15.0. The SMILES string of the molecule is CNC1CCCc2nc(-c3ccc4nccnc4c3)sc21. The number of thiazole rings is 1. The average Bonchev–Trinajstić information content (AvgIpc) is 2.98. The van der Waals surface area contributed by atoms with Gasteiger partial charge in [0.05, 0.1) is 16.7 Å². The molecule has 0 fully saturated rings. The Labute approximate surface area is 127 Å². The zero-order valence-electron chi connectivity index (χ0n) is 11.8. The van der Waals surface area contributed by atoms with Crippen LogP contribution < -0.4 is 5.32 Å². The Morgan fingerprint density at radius 2 is 2.05 bits per heavy atom. The summed E-state index contributed by atoms with van der Waals surface area (Å²) in [5.41, 5.74) is 4.25. The Morgan fingerprint density at radius 3 is 2.90 bits per heavy atom. The van der Waals surface area contributed by atoms with Gasteiger partial charge in [0.2, 0.25) is 0 Å². The molecule has 0 saturated carbocycles. The lowest BCUT2D eigenvalue weighted by Gasteiger charge is -2.19. The maximum absolute atomic E-state index is 4.86.